The van der Waals surface area contributed by atoms with E-state index in [9.17, 15) is 4.79 Å². The molecule has 1 aromatic rings. The molecular formula is C16H24N2O2. The van der Waals surface area contributed by atoms with E-state index in [1.807, 2.05) is 42.2 Å². The molecule has 1 saturated heterocycles. The molecular weight excluding hydrogens is 252 g/mol. The predicted octanol–water partition coefficient (Wildman–Crippen LogP) is 1.91. The summed E-state index contributed by atoms with van der Waals surface area (Å²) in [5.41, 5.74) is 0. The molecule has 4 nitrogen and oxygen atoms in total. The molecule has 0 aromatic heterocycles. The van der Waals surface area contributed by atoms with Crippen molar-refractivity contribution in [1.82, 2.24) is 10.2 Å². The van der Waals surface area contributed by atoms with Crippen LogP contribution in [0.3, 0.4) is 0 Å². The van der Waals surface area contributed by atoms with Gasteiger partial charge in [0.25, 0.3) is 0 Å². The Morgan fingerprint density at radius 3 is 2.90 bits per heavy atom. The lowest BCUT2D eigenvalue weighted by molar-refractivity contribution is -0.138. The second-order valence-corrected chi connectivity index (χ2v) is 5.44. The molecule has 0 aliphatic carbocycles. The molecule has 1 N–H and O–H groups in total. The summed E-state index contributed by atoms with van der Waals surface area (Å²) < 4.78 is 5.66. The summed E-state index contributed by atoms with van der Waals surface area (Å²) in [6.45, 7) is 7.26. The fraction of sp³-hybridized carbons (Fsp3) is 0.562. The Hall–Kier alpha value is -1.55. The van der Waals surface area contributed by atoms with Gasteiger partial charge in [0.05, 0.1) is 6.61 Å². The van der Waals surface area contributed by atoms with Crippen LogP contribution in [0, 0.1) is 5.92 Å². The molecule has 2 atom stereocenters. The fourth-order valence-electron chi connectivity index (χ4n) is 2.45. The first-order chi connectivity index (χ1) is 9.68. The molecule has 1 aliphatic rings. The molecule has 0 spiro atoms. The Morgan fingerprint density at radius 2 is 2.20 bits per heavy atom. The maximum absolute atomic E-state index is 12.4. The Bertz CT molecular complexity index is 422. The van der Waals surface area contributed by atoms with Crippen molar-refractivity contribution < 1.29 is 9.53 Å². The second-order valence-electron chi connectivity index (χ2n) is 5.44. The zero-order chi connectivity index (χ0) is 14.4. The smallest absolute Gasteiger partial charge is 0.225 e. The number of amides is 1. The van der Waals surface area contributed by atoms with E-state index in [0.717, 1.165) is 31.8 Å². The lowest BCUT2D eigenvalue weighted by Crippen LogP contribution is -2.53. The summed E-state index contributed by atoms with van der Waals surface area (Å²) in [4.78, 5) is 14.4. The molecule has 1 heterocycles. The number of nitrogens with zero attached hydrogens (tertiary/aromatic N) is 1. The zero-order valence-corrected chi connectivity index (χ0v) is 12.3. The SMILES string of the molecule is CC(CCOc1ccccc1)C(=O)N1CCNCC1C. The molecule has 1 amide bonds. The van der Waals surface area contributed by atoms with Crippen molar-refractivity contribution in [3.8, 4) is 5.75 Å². The molecule has 110 valence electrons. The molecule has 0 saturated carbocycles. The van der Waals surface area contributed by atoms with Gasteiger partial charge in [-0.2, -0.15) is 0 Å². The van der Waals surface area contributed by atoms with Crippen LogP contribution >= 0.6 is 0 Å². The zero-order valence-electron chi connectivity index (χ0n) is 12.3. The van der Waals surface area contributed by atoms with Crippen LogP contribution in [-0.2, 0) is 4.79 Å². The largest absolute Gasteiger partial charge is 0.494 e. The quantitative estimate of drug-likeness (QED) is 0.893. The maximum atomic E-state index is 12.4. The van der Waals surface area contributed by atoms with Crippen molar-refractivity contribution >= 4 is 5.91 Å². The molecule has 2 rings (SSSR count). The molecule has 2 unspecified atom stereocenters. The van der Waals surface area contributed by atoms with Gasteiger partial charge >= 0.3 is 0 Å². The van der Waals surface area contributed by atoms with E-state index in [1.165, 1.54) is 0 Å². The monoisotopic (exact) mass is 276 g/mol. The second kappa shape index (κ2) is 7.29. The highest BCUT2D eigenvalue weighted by Gasteiger charge is 2.26. The summed E-state index contributed by atoms with van der Waals surface area (Å²) in [6, 6.07) is 10.0. The van der Waals surface area contributed by atoms with Gasteiger partial charge in [0, 0.05) is 31.6 Å². The number of hydrogen-bond donors (Lipinski definition) is 1. The number of carbonyl (C=O) groups excluding carboxylic acids is 1. The van der Waals surface area contributed by atoms with Gasteiger partial charge < -0.3 is 15.0 Å². The van der Waals surface area contributed by atoms with Crippen molar-refractivity contribution in [2.45, 2.75) is 26.3 Å². The van der Waals surface area contributed by atoms with Crippen LogP contribution in [-0.4, -0.2) is 43.1 Å². The summed E-state index contributed by atoms with van der Waals surface area (Å²) in [6.07, 6.45) is 0.754. The third-order valence-electron chi connectivity index (χ3n) is 3.77. The number of carbonyl (C=O) groups is 1. The van der Waals surface area contributed by atoms with E-state index in [0.29, 0.717) is 6.61 Å². The number of benzene rings is 1. The summed E-state index contributed by atoms with van der Waals surface area (Å²) in [7, 11) is 0. The topological polar surface area (TPSA) is 41.6 Å². The lowest BCUT2D eigenvalue weighted by atomic mass is 10.0. The van der Waals surface area contributed by atoms with E-state index in [-0.39, 0.29) is 17.9 Å². The van der Waals surface area contributed by atoms with Gasteiger partial charge in [0.1, 0.15) is 5.75 Å². The number of hydrogen-bond acceptors (Lipinski definition) is 3. The number of nitrogens with one attached hydrogen (secondary N) is 1. The van der Waals surface area contributed by atoms with Crippen LogP contribution in [0.15, 0.2) is 30.3 Å². The van der Waals surface area contributed by atoms with Gasteiger partial charge in [-0.25, -0.2) is 0 Å². The minimum atomic E-state index is 0.0132. The van der Waals surface area contributed by atoms with Gasteiger partial charge in [-0.05, 0) is 25.5 Å². The lowest BCUT2D eigenvalue weighted by Gasteiger charge is -2.35. The molecule has 0 bridgehead atoms. The van der Waals surface area contributed by atoms with Crippen molar-refractivity contribution in [2.75, 3.05) is 26.2 Å². The molecule has 0 radical (unpaired) electrons. The van der Waals surface area contributed by atoms with E-state index in [1.54, 1.807) is 0 Å². The van der Waals surface area contributed by atoms with Gasteiger partial charge in [-0.15, -0.1) is 0 Å². The van der Waals surface area contributed by atoms with Crippen LogP contribution in [0.5, 0.6) is 5.75 Å². The standard InChI is InChI=1S/C16H24N2O2/c1-13(8-11-20-15-6-4-3-5-7-15)16(19)18-10-9-17-12-14(18)2/h3-7,13-14,17H,8-12H2,1-2H3. The minimum Gasteiger partial charge on any atom is -0.494 e. The van der Waals surface area contributed by atoms with E-state index >= 15 is 0 Å². The predicted molar refractivity (Wildman–Crippen MR) is 79.8 cm³/mol. The van der Waals surface area contributed by atoms with Crippen molar-refractivity contribution in [1.29, 1.82) is 0 Å². The Kier molecular flexibility index (Phi) is 5.41. The highest BCUT2D eigenvalue weighted by molar-refractivity contribution is 5.78. The summed E-state index contributed by atoms with van der Waals surface area (Å²) >= 11 is 0. The first-order valence-corrected chi connectivity index (χ1v) is 7.37. The average Bonchev–Trinajstić information content (AvgIpc) is 2.48. The number of ether oxygens (including phenoxy) is 1. The minimum absolute atomic E-state index is 0.0132. The van der Waals surface area contributed by atoms with Crippen LogP contribution in [0.25, 0.3) is 0 Å². The van der Waals surface area contributed by atoms with Gasteiger partial charge in [0.2, 0.25) is 5.91 Å². The Balaban J connectivity index is 1.76. The van der Waals surface area contributed by atoms with Crippen LogP contribution < -0.4 is 10.1 Å². The normalized spacial score (nSPS) is 20.5. The van der Waals surface area contributed by atoms with Crippen LogP contribution in [0.2, 0.25) is 0 Å². The highest BCUT2D eigenvalue weighted by atomic mass is 16.5. The first kappa shape index (κ1) is 14.9. The van der Waals surface area contributed by atoms with Gasteiger partial charge in [-0.1, -0.05) is 25.1 Å². The Labute approximate surface area is 121 Å². The van der Waals surface area contributed by atoms with Gasteiger partial charge in [-0.3, -0.25) is 4.79 Å². The summed E-state index contributed by atoms with van der Waals surface area (Å²) in [5.74, 6) is 1.12. The maximum Gasteiger partial charge on any atom is 0.225 e. The molecule has 1 fully saturated rings. The molecule has 1 aliphatic heterocycles. The number of para-hydroxylation sites is 1. The van der Waals surface area contributed by atoms with E-state index in [4.69, 9.17) is 4.74 Å². The van der Waals surface area contributed by atoms with E-state index < -0.39 is 0 Å². The third-order valence-corrected chi connectivity index (χ3v) is 3.77. The first-order valence-electron chi connectivity index (χ1n) is 7.37. The van der Waals surface area contributed by atoms with Crippen molar-refractivity contribution in [2.24, 2.45) is 5.92 Å². The van der Waals surface area contributed by atoms with Crippen LogP contribution in [0.1, 0.15) is 20.3 Å². The summed E-state index contributed by atoms with van der Waals surface area (Å²) in [5, 5.41) is 3.30. The van der Waals surface area contributed by atoms with Gasteiger partial charge in [0.15, 0.2) is 0 Å². The molecule has 1 aromatic carbocycles. The number of piperazine rings is 1. The number of rotatable bonds is 5. The Morgan fingerprint density at radius 1 is 1.45 bits per heavy atom. The fourth-order valence-corrected chi connectivity index (χ4v) is 2.45. The third kappa shape index (κ3) is 3.97. The molecule has 4 heteroatoms. The highest BCUT2D eigenvalue weighted by Crippen LogP contribution is 2.14. The van der Waals surface area contributed by atoms with Crippen molar-refractivity contribution in [3.63, 3.8) is 0 Å². The average molecular weight is 276 g/mol. The molecule has 20 heavy (non-hydrogen) atoms. The van der Waals surface area contributed by atoms with Crippen LogP contribution in [0.4, 0.5) is 0 Å². The van der Waals surface area contributed by atoms with Crippen molar-refractivity contribution in [3.05, 3.63) is 30.3 Å². The van der Waals surface area contributed by atoms with E-state index in [2.05, 4.69) is 12.2 Å².